The van der Waals surface area contributed by atoms with Crippen LogP contribution in [0.25, 0.3) is 0 Å². The van der Waals surface area contributed by atoms with Crippen LogP contribution in [0, 0.1) is 0 Å². The fourth-order valence-corrected chi connectivity index (χ4v) is 2.92. The predicted octanol–water partition coefficient (Wildman–Crippen LogP) is 4.64. The molecule has 0 bridgehead atoms. The molecule has 0 unspecified atom stereocenters. The molecule has 6 nitrogen and oxygen atoms in total. The molecule has 0 aliphatic rings. The number of nitrogens with one attached hydrogen (secondary N) is 2. The van der Waals surface area contributed by atoms with Gasteiger partial charge < -0.3 is 10.6 Å². The molecule has 0 aliphatic carbocycles. The van der Waals surface area contributed by atoms with Crippen LogP contribution < -0.4 is 10.6 Å². The third-order valence-electron chi connectivity index (χ3n) is 3.86. The van der Waals surface area contributed by atoms with Crippen LogP contribution in [0.3, 0.4) is 0 Å². The van der Waals surface area contributed by atoms with Gasteiger partial charge in [-0.05, 0) is 49.4 Å². The summed E-state index contributed by atoms with van der Waals surface area (Å²) in [6.07, 6.45) is 3.33. The van der Waals surface area contributed by atoms with E-state index in [-0.39, 0.29) is 16.8 Å². The minimum Gasteiger partial charge on any atom is -0.324 e. The number of anilines is 2. The van der Waals surface area contributed by atoms with E-state index in [1.54, 1.807) is 66.5 Å². The Morgan fingerprint density at radius 1 is 1.04 bits per heavy atom. The van der Waals surface area contributed by atoms with Crippen LogP contribution in [-0.4, -0.2) is 21.6 Å². The molecule has 2 aromatic carbocycles. The van der Waals surface area contributed by atoms with E-state index < -0.39 is 6.04 Å². The minimum atomic E-state index is -0.467. The number of benzene rings is 2. The first-order valence-electron chi connectivity index (χ1n) is 8.10. The van der Waals surface area contributed by atoms with E-state index in [1.807, 2.05) is 0 Å². The third kappa shape index (κ3) is 4.67. The molecule has 0 fully saturated rings. The van der Waals surface area contributed by atoms with Crippen LogP contribution in [0.4, 0.5) is 11.4 Å². The molecular formula is C19H16Cl2N4O2. The Morgan fingerprint density at radius 3 is 2.44 bits per heavy atom. The molecule has 138 valence electrons. The van der Waals surface area contributed by atoms with Crippen molar-refractivity contribution in [1.82, 2.24) is 9.78 Å². The second-order valence-corrected chi connectivity index (χ2v) is 6.65. The van der Waals surface area contributed by atoms with Crippen LogP contribution in [0.1, 0.15) is 23.3 Å². The zero-order valence-corrected chi connectivity index (χ0v) is 15.8. The summed E-state index contributed by atoms with van der Waals surface area (Å²) in [5.41, 5.74) is 1.39. The van der Waals surface area contributed by atoms with Crippen molar-refractivity contribution in [2.24, 2.45) is 0 Å². The average molecular weight is 403 g/mol. The zero-order chi connectivity index (χ0) is 19.4. The Bertz CT molecular complexity index is 974. The molecule has 27 heavy (non-hydrogen) atoms. The molecule has 2 N–H and O–H groups in total. The van der Waals surface area contributed by atoms with E-state index in [0.29, 0.717) is 22.0 Å². The highest BCUT2D eigenvalue weighted by Gasteiger charge is 2.16. The SMILES string of the molecule is C[C@H](C(=O)Nc1cccc(NC(=O)c2ccc(Cl)cc2Cl)c1)n1cccn1. The fraction of sp³-hybridized carbons (Fsp3) is 0.105. The minimum absolute atomic E-state index is 0.220. The van der Waals surface area contributed by atoms with Crippen LogP contribution >= 0.6 is 23.2 Å². The van der Waals surface area contributed by atoms with Crippen molar-refractivity contribution in [3.05, 3.63) is 76.5 Å². The van der Waals surface area contributed by atoms with Gasteiger partial charge in [0.05, 0.1) is 10.6 Å². The molecule has 1 heterocycles. The number of carbonyl (C=O) groups is 2. The zero-order valence-electron chi connectivity index (χ0n) is 14.3. The van der Waals surface area contributed by atoms with Crippen molar-refractivity contribution in [1.29, 1.82) is 0 Å². The topological polar surface area (TPSA) is 76.0 Å². The number of nitrogens with zero attached hydrogens (tertiary/aromatic N) is 2. The molecule has 3 aromatic rings. The van der Waals surface area contributed by atoms with Gasteiger partial charge in [-0.15, -0.1) is 0 Å². The molecule has 1 aromatic heterocycles. The van der Waals surface area contributed by atoms with Crippen molar-refractivity contribution in [2.75, 3.05) is 10.6 Å². The van der Waals surface area contributed by atoms with Crippen molar-refractivity contribution < 1.29 is 9.59 Å². The van der Waals surface area contributed by atoms with Gasteiger partial charge in [-0.25, -0.2) is 0 Å². The number of hydrogen-bond donors (Lipinski definition) is 2. The molecule has 1 atom stereocenters. The average Bonchev–Trinajstić information content (AvgIpc) is 3.15. The summed E-state index contributed by atoms with van der Waals surface area (Å²) in [5.74, 6) is -0.590. The lowest BCUT2D eigenvalue weighted by molar-refractivity contribution is -0.119. The maximum Gasteiger partial charge on any atom is 0.257 e. The molecule has 0 saturated heterocycles. The van der Waals surface area contributed by atoms with E-state index >= 15 is 0 Å². The lowest BCUT2D eigenvalue weighted by atomic mass is 10.2. The van der Waals surface area contributed by atoms with Crippen molar-refractivity contribution in [2.45, 2.75) is 13.0 Å². The van der Waals surface area contributed by atoms with Gasteiger partial charge in [0.2, 0.25) is 5.91 Å². The van der Waals surface area contributed by atoms with Crippen molar-refractivity contribution in [3.8, 4) is 0 Å². The van der Waals surface area contributed by atoms with Crippen molar-refractivity contribution in [3.63, 3.8) is 0 Å². The lowest BCUT2D eigenvalue weighted by Crippen LogP contribution is -2.24. The third-order valence-corrected chi connectivity index (χ3v) is 4.41. The number of hydrogen-bond acceptors (Lipinski definition) is 3. The highest BCUT2D eigenvalue weighted by Crippen LogP contribution is 2.23. The standard InChI is InChI=1S/C19H16Cl2N4O2/c1-12(25-9-3-8-22-25)18(26)23-14-4-2-5-15(11-14)24-19(27)16-7-6-13(20)10-17(16)21/h2-12H,1H3,(H,23,26)(H,24,27)/t12-/m1/s1. The Hall–Kier alpha value is -2.83. The number of rotatable bonds is 5. The molecule has 3 rings (SSSR count). The Morgan fingerprint density at radius 2 is 1.78 bits per heavy atom. The Kier molecular flexibility index (Phi) is 5.78. The lowest BCUT2D eigenvalue weighted by Gasteiger charge is -2.13. The first-order chi connectivity index (χ1) is 12.9. The highest BCUT2D eigenvalue weighted by molar-refractivity contribution is 6.37. The van der Waals surface area contributed by atoms with E-state index in [1.165, 1.54) is 6.07 Å². The van der Waals surface area contributed by atoms with Gasteiger partial charge in [0.25, 0.3) is 5.91 Å². The van der Waals surface area contributed by atoms with Gasteiger partial charge in [-0.1, -0.05) is 29.3 Å². The smallest absolute Gasteiger partial charge is 0.257 e. The first-order valence-corrected chi connectivity index (χ1v) is 8.86. The van der Waals surface area contributed by atoms with Gasteiger partial charge in [0, 0.05) is 28.8 Å². The summed E-state index contributed by atoms with van der Waals surface area (Å²) in [7, 11) is 0. The predicted molar refractivity (Wildman–Crippen MR) is 106 cm³/mol. The van der Waals surface area contributed by atoms with Crippen LogP contribution in [-0.2, 0) is 4.79 Å². The molecule has 8 heteroatoms. The summed E-state index contributed by atoms with van der Waals surface area (Å²) < 4.78 is 1.56. The van der Waals surface area contributed by atoms with E-state index in [0.717, 1.165) is 0 Å². The number of halogens is 2. The van der Waals surface area contributed by atoms with Gasteiger partial charge in [-0.2, -0.15) is 5.10 Å². The van der Waals surface area contributed by atoms with Crippen molar-refractivity contribution >= 4 is 46.4 Å². The molecular weight excluding hydrogens is 387 g/mol. The number of amides is 2. The summed E-state index contributed by atoms with van der Waals surface area (Å²) in [4.78, 5) is 24.8. The Balaban J connectivity index is 1.70. The largest absolute Gasteiger partial charge is 0.324 e. The monoisotopic (exact) mass is 402 g/mol. The maximum atomic E-state index is 12.4. The second kappa shape index (κ2) is 8.24. The fourth-order valence-electron chi connectivity index (χ4n) is 2.42. The summed E-state index contributed by atoms with van der Waals surface area (Å²) >= 11 is 11.9. The molecule has 0 radical (unpaired) electrons. The number of aromatic nitrogens is 2. The quantitative estimate of drug-likeness (QED) is 0.652. The maximum absolute atomic E-state index is 12.4. The Labute approximate surface area is 166 Å². The van der Waals surface area contributed by atoms with Gasteiger partial charge in [0.1, 0.15) is 6.04 Å². The van der Waals surface area contributed by atoms with E-state index in [4.69, 9.17) is 23.2 Å². The molecule has 0 saturated carbocycles. The van der Waals surface area contributed by atoms with E-state index in [9.17, 15) is 9.59 Å². The normalized spacial score (nSPS) is 11.7. The van der Waals surface area contributed by atoms with Gasteiger partial charge >= 0.3 is 0 Å². The van der Waals surface area contributed by atoms with Gasteiger partial charge in [-0.3, -0.25) is 14.3 Å². The second-order valence-electron chi connectivity index (χ2n) is 5.81. The van der Waals surface area contributed by atoms with E-state index in [2.05, 4.69) is 15.7 Å². The molecule has 0 spiro atoms. The van der Waals surface area contributed by atoms with Crippen LogP contribution in [0.5, 0.6) is 0 Å². The van der Waals surface area contributed by atoms with Crippen LogP contribution in [0.15, 0.2) is 60.9 Å². The first kappa shape index (κ1) is 18.9. The number of carbonyl (C=O) groups excluding carboxylic acids is 2. The van der Waals surface area contributed by atoms with Gasteiger partial charge in [0.15, 0.2) is 0 Å². The highest BCUT2D eigenvalue weighted by atomic mass is 35.5. The molecule has 0 aliphatic heterocycles. The van der Waals surface area contributed by atoms with Crippen LogP contribution in [0.2, 0.25) is 10.0 Å². The summed E-state index contributed by atoms with van der Waals surface area (Å²) in [6, 6.07) is 12.8. The summed E-state index contributed by atoms with van der Waals surface area (Å²) in [5, 5.41) is 10.3. The summed E-state index contributed by atoms with van der Waals surface area (Å²) in [6.45, 7) is 1.75. The molecule has 2 amide bonds.